The number of halogens is 4. The Kier molecular flexibility index (Phi) is 3.94. The molecule has 0 aliphatic rings. The van der Waals surface area contributed by atoms with E-state index in [2.05, 4.69) is 4.74 Å². The van der Waals surface area contributed by atoms with Crippen LogP contribution in [-0.2, 0) is 4.79 Å². The summed E-state index contributed by atoms with van der Waals surface area (Å²) in [6.07, 6.45) is 0. The number of hydrogen-bond acceptors (Lipinski definition) is 2. The van der Waals surface area contributed by atoms with Crippen molar-refractivity contribution in [2.75, 3.05) is 0 Å². The van der Waals surface area contributed by atoms with Gasteiger partial charge < -0.3 is 4.74 Å². The van der Waals surface area contributed by atoms with E-state index in [1.54, 1.807) is 22.6 Å². The molecule has 1 aromatic carbocycles. The van der Waals surface area contributed by atoms with Gasteiger partial charge in [0.2, 0.25) is 5.82 Å². The summed E-state index contributed by atoms with van der Waals surface area (Å²) in [4.78, 5) is 10.6. The van der Waals surface area contributed by atoms with Gasteiger partial charge in [0.1, 0.15) is 0 Å². The second-order valence-electron chi connectivity index (χ2n) is 2.59. The summed E-state index contributed by atoms with van der Waals surface area (Å²) in [6.45, 7) is 1.04. The van der Waals surface area contributed by atoms with Crippen molar-refractivity contribution in [1.29, 1.82) is 0 Å². The summed E-state index contributed by atoms with van der Waals surface area (Å²) in [6, 6.07) is 0. The van der Waals surface area contributed by atoms with Gasteiger partial charge in [0, 0.05) is 12.2 Å². The number of ether oxygens (including phenoxy) is 1. The molecule has 1 unspecified atom stereocenters. The average Bonchev–Trinajstić information content (AvgIpc) is 2.18. The molecule has 0 aliphatic heterocycles. The normalized spacial score (nSPS) is 10.3. The molecule has 7 heteroatoms. The first-order valence-corrected chi connectivity index (χ1v) is 5.31. The van der Waals surface area contributed by atoms with E-state index in [-0.39, 0.29) is 8.87 Å². The zero-order valence-electron chi connectivity index (χ0n) is 7.41. The van der Waals surface area contributed by atoms with E-state index >= 15 is 0 Å². The van der Waals surface area contributed by atoms with Gasteiger partial charge in [0.05, 0.1) is 3.57 Å². The van der Waals surface area contributed by atoms with Gasteiger partial charge >= 0.3 is 5.97 Å². The smallest absolute Gasteiger partial charge is 0.308 e. The summed E-state index contributed by atoms with van der Waals surface area (Å²) in [5, 5.41) is -0.175. The monoisotopic (exact) mass is 348 g/mol. The number of carbonyl (C=O) groups is 1. The standard InChI is InChI=1S/C8H5F3IO2P/c1-2(13)14-7-4(10)3(9)5(11)8(15)6(7)12/h15H2,1H3. The summed E-state index contributed by atoms with van der Waals surface area (Å²) in [5.74, 6) is -5.86. The van der Waals surface area contributed by atoms with Crippen molar-refractivity contribution in [3.8, 4) is 5.75 Å². The van der Waals surface area contributed by atoms with Crippen LogP contribution in [0.3, 0.4) is 0 Å². The molecule has 0 bridgehead atoms. The Morgan fingerprint density at radius 1 is 1.27 bits per heavy atom. The van der Waals surface area contributed by atoms with Crippen molar-refractivity contribution in [3.05, 3.63) is 21.0 Å². The topological polar surface area (TPSA) is 26.3 Å². The van der Waals surface area contributed by atoms with E-state index in [4.69, 9.17) is 0 Å². The van der Waals surface area contributed by atoms with Crippen molar-refractivity contribution >= 4 is 43.1 Å². The molecule has 0 aliphatic carbocycles. The molecule has 0 aromatic heterocycles. The van der Waals surface area contributed by atoms with Crippen molar-refractivity contribution in [2.24, 2.45) is 0 Å². The average molecular weight is 348 g/mol. The molecule has 0 heterocycles. The molecule has 0 radical (unpaired) electrons. The molecule has 0 saturated carbocycles. The fraction of sp³-hybridized carbons (Fsp3) is 0.125. The molecule has 2 nitrogen and oxygen atoms in total. The molecule has 0 spiro atoms. The molecule has 0 amide bonds. The Hall–Kier alpha value is -0.360. The summed E-state index contributed by atoms with van der Waals surface area (Å²) in [7, 11) is 1.92. The third-order valence-electron chi connectivity index (χ3n) is 1.50. The minimum Gasteiger partial charge on any atom is -0.422 e. The van der Waals surface area contributed by atoms with Crippen LogP contribution in [0.1, 0.15) is 6.92 Å². The first kappa shape index (κ1) is 12.7. The van der Waals surface area contributed by atoms with Crippen molar-refractivity contribution in [2.45, 2.75) is 6.92 Å². The summed E-state index contributed by atoms with van der Waals surface area (Å²) >= 11 is 1.56. The van der Waals surface area contributed by atoms with Gasteiger partial charge in [-0.05, 0) is 22.6 Å². The zero-order chi connectivity index (χ0) is 11.7. The van der Waals surface area contributed by atoms with E-state index in [9.17, 15) is 18.0 Å². The molecule has 1 aromatic rings. The van der Waals surface area contributed by atoms with Crippen molar-refractivity contribution in [3.63, 3.8) is 0 Å². The Morgan fingerprint density at radius 2 is 1.80 bits per heavy atom. The highest BCUT2D eigenvalue weighted by molar-refractivity contribution is 14.1. The van der Waals surface area contributed by atoms with E-state index in [1.807, 2.05) is 9.24 Å². The van der Waals surface area contributed by atoms with Crippen LogP contribution in [0.2, 0.25) is 0 Å². The third-order valence-corrected chi connectivity index (χ3v) is 3.70. The largest absolute Gasteiger partial charge is 0.422 e. The minimum absolute atomic E-state index is 0.00389. The molecule has 0 fully saturated rings. The SMILES string of the molecule is CC(=O)Oc1c(F)c(F)c(F)c(P)c1I. The van der Waals surface area contributed by atoms with Gasteiger partial charge in [-0.1, -0.05) is 0 Å². The second-order valence-corrected chi connectivity index (χ2v) is 4.25. The fourth-order valence-electron chi connectivity index (χ4n) is 0.863. The highest BCUT2D eigenvalue weighted by Gasteiger charge is 2.23. The Labute approximate surface area is 99.5 Å². The van der Waals surface area contributed by atoms with Crippen LogP contribution in [0.25, 0.3) is 0 Å². The maximum Gasteiger partial charge on any atom is 0.308 e. The molecule has 0 saturated heterocycles. The first-order chi connectivity index (χ1) is 6.86. The first-order valence-electron chi connectivity index (χ1n) is 3.66. The summed E-state index contributed by atoms with van der Waals surface area (Å²) in [5.41, 5.74) is 0. The van der Waals surface area contributed by atoms with Crippen LogP contribution in [0.4, 0.5) is 13.2 Å². The van der Waals surface area contributed by atoms with Gasteiger partial charge in [-0.15, -0.1) is 9.24 Å². The summed E-state index contributed by atoms with van der Waals surface area (Å²) < 4.78 is 43.5. The molecule has 0 N–H and O–H groups in total. The fourth-order valence-corrected chi connectivity index (χ4v) is 1.70. The highest BCUT2D eigenvalue weighted by Crippen LogP contribution is 2.28. The van der Waals surface area contributed by atoms with Crippen LogP contribution < -0.4 is 10.0 Å². The van der Waals surface area contributed by atoms with Gasteiger partial charge in [0.15, 0.2) is 17.4 Å². The Morgan fingerprint density at radius 3 is 2.27 bits per heavy atom. The number of benzene rings is 1. The van der Waals surface area contributed by atoms with Gasteiger partial charge in [0.25, 0.3) is 0 Å². The number of carbonyl (C=O) groups excluding carboxylic acids is 1. The van der Waals surface area contributed by atoms with Crippen LogP contribution >= 0.6 is 31.8 Å². The Bertz CT molecular complexity index is 407. The lowest BCUT2D eigenvalue weighted by Crippen LogP contribution is -2.15. The van der Waals surface area contributed by atoms with Crippen molar-refractivity contribution < 1.29 is 22.7 Å². The van der Waals surface area contributed by atoms with Gasteiger partial charge in [-0.3, -0.25) is 4.79 Å². The van der Waals surface area contributed by atoms with E-state index < -0.39 is 29.2 Å². The zero-order valence-corrected chi connectivity index (χ0v) is 10.7. The number of hydrogen-bond donors (Lipinski definition) is 0. The molecular formula is C8H5F3IO2P. The van der Waals surface area contributed by atoms with Crippen LogP contribution in [0, 0.1) is 21.0 Å². The van der Waals surface area contributed by atoms with Crippen LogP contribution in [-0.4, -0.2) is 5.97 Å². The molecular weight excluding hydrogens is 343 g/mol. The predicted molar refractivity (Wildman–Crippen MR) is 59.7 cm³/mol. The predicted octanol–water partition coefficient (Wildman–Crippen LogP) is 2.13. The Balaban J connectivity index is 3.45. The molecule has 1 atom stereocenters. The second kappa shape index (κ2) is 4.65. The lowest BCUT2D eigenvalue weighted by atomic mass is 10.3. The van der Waals surface area contributed by atoms with E-state index in [1.165, 1.54) is 0 Å². The van der Waals surface area contributed by atoms with Crippen LogP contribution in [0.5, 0.6) is 5.75 Å². The number of esters is 1. The molecule has 15 heavy (non-hydrogen) atoms. The molecule has 1 rings (SSSR count). The quantitative estimate of drug-likeness (QED) is 0.194. The minimum atomic E-state index is -1.66. The van der Waals surface area contributed by atoms with Gasteiger partial charge in [-0.25, -0.2) is 8.78 Å². The molecule has 82 valence electrons. The van der Waals surface area contributed by atoms with Crippen LogP contribution in [0.15, 0.2) is 0 Å². The van der Waals surface area contributed by atoms with Crippen molar-refractivity contribution in [1.82, 2.24) is 0 Å². The highest BCUT2D eigenvalue weighted by atomic mass is 127. The van der Waals surface area contributed by atoms with Gasteiger partial charge in [-0.2, -0.15) is 4.39 Å². The number of rotatable bonds is 1. The lowest BCUT2D eigenvalue weighted by Gasteiger charge is -2.09. The lowest BCUT2D eigenvalue weighted by molar-refractivity contribution is -0.132. The van der Waals surface area contributed by atoms with E-state index in [0.29, 0.717) is 0 Å². The maximum absolute atomic E-state index is 13.2. The van der Waals surface area contributed by atoms with E-state index in [0.717, 1.165) is 6.92 Å². The maximum atomic E-state index is 13.2. The third kappa shape index (κ3) is 2.42.